The van der Waals surface area contributed by atoms with Gasteiger partial charge in [-0.3, -0.25) is 4.18 Å². The van der Waals surface area contributed by atoms with E-state index in [0.717, 1.165) is 31.4 Å². The molecule has 0 heterocycles. The van der Waals surface area contributed by atoms with Crippen molar-refractivity contribution >= 4 is 10.1 Å². The molecule has 1 aliphatic rings. The van der Waals surface area contributed by atoms with Crippen molar-refractivity contribution in [2.75, 3.05) is 12.9 Å². The molecule has 112 valence electrons. The molecule has 0 radical (unpaired) electrons. The third-order valence-corrected chi connectivity index (χ3v) is 4.29. The summed E-state index contributed by atoms with van der Waals surface area (Å²) >= 11 is 0. The highest BCUT2D eigenvalue weighted by Gasteiger charge is 2.11. The molecule has 0 atom stereocenters. The fourth-order valence-electron chi connectivity index (χ4n) is 2.62. The second kappa shape index (κ2) is 9.54. The summed E-state index contributed by atoms with van der Waals surface area (Å²) in [4.78, 5) is 0. The fraction of sp³-hybridized carbons (Fsp3) is 0.867. The van der Waals surface area contributed by atoms with Crippen LogP contribution in [0.3, 0.4) is 0 Å². The average Bonchev–Trinajstić information content (AvgIpc) is 2.37. The molecular weight excluding hydrogens is 260 g/mol. The largest absolute Gasteiger partial charge is 0.270 e. The summed E-state index contributed by atoms with van der Waals surface area (Å²) in [5.74, 6) is 0.960. The van der Waals surface area contributed by atoms with Crippen molar-refractivity contribution in [3.63, 3.8) is 0 Å². The van der Waals surface area contributed by atoms with Gasteiger partial charge in [0.1, 0.15) is 0 Å². The molecule has 0 N–H and O–H groups in total. The Morgan fingerprint density at radius 2 is 1.74 bits per heavy atom. The van der Waals surface area contributed by atoms with Crippen LogP contribution in [0, 0.1) is 5.92 Å². The Balaban J connectivity index is 1.90. The summed E-state index contributed by atoms with van der Waals surface area (Å²) in [7, 11) is -3.26. The Morgan fingerprint density at radius 3 is 2.42 bits per heavy atom. The summed E-state index contributed by atoms with van der Waals surface area (Å²) in [6.07, 6.45) is 18.1. The number of allylic oxidation sites excluding steroid dienone is 2. The Labute approximate surface area is 118 Å². The Morgan fingerprint density at radius 1 is 1.05 bits per heavy atom. The molecule has 0 saturated heterocycles. The van der Waals surface area contributed by atoms with Crippen LogP contribution < -0.4 is 0 Å². The van der Waals surface area contributed by atoms with E-state index in [0.29, 0.717) is 6.61 Å². The topological polar surface area (TPSA) is 43.4 Å². The van der Waals surface area contributed by atoms with Gasteiger partial charge in [0.2, 0.25) is 0 Å². The molecule has 0 spiro atoms. The van der Waals surface area contributed by atoms with Crippen molar-refractivity contribution in [1.29, 1.82) is 0 Å². The van der Waals surface area contributed by atoms with Crippen molar-refractivity contribution in [1.82, 2.24) is 0 Å². The van der Waals surface area contributed by atoms with Crippen LogP contribution in [-0.4, -0.2) is 21.3 Å². The third-order valence-electron chi connectivity index (χ3n) is 3.70. The number of hydrogen-bond donors (Lipinski definition) is 0. The molecule has 0 aromatic rings. The molecule has 1 saturated carbocycles. The van der Waals surface area contributed by atoms with Crippen LogP contribution in [0.2, 0.25) is 0 Å². The van der Waals surface area contributed by atoms with E-state index >= 15 is 0 Å². The van der Waals surface area contributed by atoms with E-state index in [1.165, 1.54) is 44.9 Å². The lowest BCUT2D eigenvalue weighted by Gasteiger charge is -2.20. The first kappa shape index (κ1) is 16.7. The molecule has 0 aliphatic heterocycles. The first-order valence-electron chi connectivity index (χ1n) is 7.57. The lowest BCUT2D eigenvalue weighted by Crippen LogP contribution is -2.05. The van der Waals surface area contributed by atoms with E-state index in [1.807, 2.05) is 0 Å². The highest BCUT2D eigenvalue weighted by molar-refractivity contribution is 7.85. The van der Waals surface area contributed by atoms with E-state index in [4.69, 9.17) is 0 Å². The minimum Gasteiger partial charge on any atom is -0.270 e. The maximum absolute atomic E-state index is 10.7. The molecule has 19 heavy (non-hydrogen) atoms. The molecule has 0 amide bonds. The second-order valence-corrected chi connectivity index (χ2v) is 7.22. The maximum atomic E-state index is 10.7. The number of unbranched alkanes of at least 4 members (excludes halogenated alkanes) is 2. The zero-order valence-electron chi connectivity index (χ0n) is 12.1. The number of hydrogen-bond acceptors (Lipinski definition) is 3. The van der Waals surface area contributed by atoms with Crippen LogP contribution >= 0.6 is 0 Å². The van der Waals surface area contributed by atoms with Gasteiger partial charge >= 0.3 is 0 Å². The first-order valence-corrected chi connectivity index (χ1v) is 9.39. The quantitative estimate of drug-likeness (QED) is 0.365. The molecule has 0 bridgehead atoms. The lowest BCUT2D eigenvalue weighted by molar-refractivity contribution is 0.312. The fourth-order valence-corrected chi connectivity index (χ4v) is 3.04. The number of rotatable bonds is 9. The van der Waals surface area contributed by atoms with Crippen molar-refractivity contribution in [2.45, 2.75) is 64.2 Å². The van der Waals surface area contributed by atoms with Gasteiger partial charge in [-0.05, 0) is 38.0 Å². The van der Waals surface area contributed by atoms with Crippen LogP contribution in [0.15, 0.2) is 12.2 Å². The van der Waals surface area contributed by atoms with Gasteiger partial charge in [0.05, 0.1) is 12.9 Å². The van der Waals surface area contributed by atoms with Gasteiger partial charge in [-0.25, -0.2) is 0 Å². The van der Waals surface area contributed by atoms with E-state index < -0.39 is 10.1 Å². The zero-order chi connectivity index (χ0) is 14.0. The van der Waals surface area contributed by atoms with Crippen LogP contribution in [0.25, 0.3) is 0 Å². The summed E-state index contributed by atoms with van der Waals surface area (Å²) in [5, 5.41) is 0. The molecular formula is C15H28O3S. The molecule has 0 aromatic carbocycles. The highest BCUT2D eigenvalue weighted by atomic mass is 32.2. The van der Waals surface area contributed by atoms with Crippen LogP contribution in [0.1, 0.15) is 64.2 Å². The van der Waals surface area contributed by atoms with Crippen LogP contribution in [-0.2, 0) is 14.3 Å². The van der Waals surface area contributed by atoms with Crippen LogP contribution in [0.4, 0.5) is 0 Å². The lowest BCUT2D eigenvalue weighted by atomic mass is 9.86. The van der Waals surface area contributed by atoms with Gasteiger partial charge < -0.3 is 0 Å². The normalized spacial score (nSPS) is 18.2. The van der Waals surface area contributed by atoms with Gasteiger partial charge in [0.25, 0.3) is 10.1 Å². The molecule has 4 heteroatoms. The van der Waals surface area contributed by atoms with E-state index in [9.17, 15) is 8.42 Å². The molecule has 1 fully saturated rings. The van der Waals surface area contributed by atoms with Gasteiger partial charge in [0.15, 0.2) is 0 Å². The Hall–Kier alpha value is -0.350. The predicted octanol–water partition coefficient (Wildman–Crippen LogP) is 4.05. The summed E-state index contributed by atoms with van der Waals surface area (Å²) < 4.78 is 26.1. The monoisotopic (exact) mass is 288 g/mol. The standard InChI is InChI=1S/C15H28O3S/c1-19(16,17)18-14-10-5-3-2-4-7-11-15-12-8-6-9-13-15/h2,4,15H,3,5-14H2,1H3. The zero-order valence-corrected chi connectivity index (χ0v) is 13.0. The van der Waals surface area contributed by atoms with Gasteiger partial charge in [0, 0.05) is 0 Å². The first-order chi connectivity index (χ1) is 9.08. The summed E-state index contributed by atoms with van der Waals surface area (Å²) in [6, 6.07) is 0. The van der Waals surface area contributed by atoms with Crippen molar-refractivity contribution in [3.05, 3.63) is 12.2 Å². The smallest absolute Gasteiger partial charge is 0.264 e. The minimum atomic E-state index is -3.26. The van der Waals surface area contributed by atoms with Crippen molar-refractivity contribution in [3.8, 4) is 0 Å². The average molecular weight is 288 g/mol. The van der Waals surface area contributed by atoms with Gasteiger partial charge in [-0.1, -0.05) is 44.3 Å². The molecule has 0 unspecified atom stereocenters. The Kier molecular flexibility index (Phi) is 8.38. The predicted molar refractivity (Wildman–Crippen MR) is 79.6 cm³/mol. The summed E-state index contributed by atoms with van der Waals surface area (Å²) in [5.41, 5.74) is 0. The molecule has 3 nitrogen and oxygen atoms in total. The highest BCUT2D eigenvalue weighted by Crippen LogP contribution is 2.27. The molecule has 1 rings (SSSR count). The maximum Gasteiger partial charge on any atom is 0.264 e. The van der Waals surface area contributed by atoms with E-state index in [2.05, 4.69) is 16.3 Å². The molecule has 0 aromatic heterocycles. The van der Waals surface area contributed by atoms with Crippen LogP contribution in [0.5, 0.6) is 0 Å². The second-order valence-electron chi connectivity index (χ2n) is 5.57. The van der Waals surface area contributed by atoms with Gasteiger partial charge in [-0.2, -0.15) is 8.42 Å². The van der Waals surface area contributed by atoms with Gasteiger partial charge in [-0.15, -0.1) is 0 Å². The Bertz CT molecular complexity index is 340. The minimum absolute atomic E-state index is 0.314. The van der Waals surface area contributed by atoms with E-state index in [-0.39, 0.29) is 0 Å². The third kappa shape index (κ3) is 10.1. The van der Waals surface area contributed by atoms with Crippen molar-refractivity contribution < 1.29 is 12.6 Å². The van der Waals surface area contributed by atoms with E-state index in [1.54, 1.807) is 0 Å². The SMILES string of the molecule is CS(=O)(=O)OCCCCC=CCCC1CCCCC1. The van der Waals surface area contributed by atoms with Crippen molar-refractivity contribution in [2.24, 2.45) is 5.92 Å². The molecule has 1 aliphatic carbocycles. The summed E-state index contributed by atoms with van der Waals surface area (Å²) in [6.45, 7) is 0.314.